The monoisotopic (exact) mass is 476 g/mol. The van der Waals surface area contributed by atoms with Crippen molar-refractivity contribution in [2.24, 2.45) is 11.8 Å². The molecule has 1 heterocycles. The van der Waals surface area contributed by atoms with Crippen LogP contribution in [-0.4, -0.2) is 35.4 Å². The number of rotatable bonds is 11. The maximum Gasteiger partial charge on any atom is 0.338 e. The van der Waals surface area contributed by atoms with E-state index in [9.17, 15) is 14.7 Å². The van der Waals surface area contributed by atoms with E-state index in [1.165, 1.54) is 19.3 Å². The molecule has 1 aliphatic heterocycles. The van der Waals surface area contributed by atoms with Gasteiger partial charge in [-0.05, 0) is 29.7 Å². The standard InChI is InChI=1S/C30H36O5/c1-2-3-4-5-9-12-24(31)17-18-25-26-19-29(32)34-28(26)20-27(25)35-30(33)23-15-13-22(14-16-23)21-10-7-6-8-11-21/h6-8,10-11,13-18,24-28,31H,2-5,9,12,19-20H2,1H3/t24-,25+,26+,27+,28-/m0/s1. The summed E-state index contributed by atoms with van der Waals surface area (Å²) in [6.45, 7) is 2.19. The van der Waals surface area contributed by atoms with Gasteiger partial charge in [0, 0.05) is 18.3 Å². The van der Waals surface area contributed by atoms with Gasteiger partial charge in [-0.15, -0.1) is 0 Å². The molecule has 2 fully saturated rings. The molecule has 0 aromatic heterocycles. The molecular weight excluding hydrogens is 440 g/mol. The van der Waals surface area contributed by atoms with Crippen LogP contribution in [0.3, 0.4) is 0 Å². The van der Waals surface area contributed by atoms with E-state index in [2.05, 4.69) is 6.92 Å². The van der Waals surface area contributed by atoms with Crippen LogP contribution in [0.2, 0.25) is 0 Å². The number of hydrogen-bond donors (Lipinski definition) is 1. The van der Waals surface area contributed by atoms with Gasteiger partial charge in [0.25, 0.3) is 0 Å². The average molecular weight is 477 g/mol. The van der Waals surface area contributed by atoms with Crippen LogP contribution in [0, 0.1) is 11.8 Å². The lowest BCUT2D eigenvalue weighted by molar-refractivity contribution is -0.141. The summed E-state index contributed by atoms with van der Waals surface area (Å²) in [7, 11) is 0. The maximum atomic E-state index is 12.9. The Morgan fingerprint density at radius 2 is 1.77 bits per heavy atom. The highest BCUT2D eigenvalue weighted by molar-refractivity contribution is 5.90. The van der Waals surface area contributed by atoms with Crippen molar-refractivity contribution in [3.63, 3.8) is 0 Å². The van der Waals surface area contributed by atoms with Crippen molar-refractivity contribution in [3.05, 3.63) is 72.3 Å². The number of aliphatic hydroxyl groups excluding tert-OH is 1. The van der Waals surface area contributed by atoms with Crippen LogP contribution in [0.25, 0.3) is 11.1 Å². The molecule has 5 heteroatoms. The van der Waals surface area contributed by atoms with E-state index < -0.39 is 6.10 Å². The van der Waals surface area contributed by atoms with Crippen LogP contribution >= 0.6 is 0 Å². The summed E-state index contributed by atoms with van der Waals surface area (Å²) in [6.07, 6.45) is 9.88. The molecule has 0 amide bonds. The van der Waals surface area contributed by atoms with Gasteiger partial charge in [-0.1, -0.05) is 93.6 Å². The van der Waals surface area contributed by atoms with E-state index in [0.29, 0.717) is 24.8 Å². The van der Waals surface area contributed by atoms with Crippen LogP contribution in [0.15, 0.2) is 66.7 Å². The third-order valence-electron chi connectivity index (χ3n) is 7.20. The molecule has 2 aromatic carbocycles. The fraction of sp³-hybridized carbons (Fsp3) is 0.467. The highest BCUT2D eigenvalue weighted by Crippen LogP contribution is 2.43. The molecule has 186 valence electrons. The first kappa shape index (κ1) is 25.2. The molecule has 0 radical (unpaired) electrons. The Hall–Kier alpha value is -2.92. The zero-order valence-electron chi connectivity index (χ0n) is 20.5. The largest absolute Gasteiger partial charge is 0.462 e. The molecule has 0 unspecified atom stereocenters. The number of benzene rings is 2. The summed E-state index contributed by atoms with van der Waals surface area (Å²) in [6, 6.07) is 17.4. The van der Waals surface area contributed by atoms with Gasteiger partial charge < -0.3 is 14.6 Å². The third-order valence-corrected chi connectivity index (χ3v) is 7.20. The Labute approximate surface area is 208 Å². The van der Waals surface area contributed by atoms with E-state index in [0.717, 1.165) is 24.0 Å². The maximum absolute atomic E-state index is 12.9. The highest BCUT2D eigenvalue weighted by Gasteiger charge is 2.50. The Bertz CT molecular complexity index is 997. The predicted octanol–water partition coefficient (Wildman–Crippen LogP) is 6.11. The van der Waals surface area contributed by atoms with Crippen LogP contribution < -0.4 is 0 Å². The van der Waals surface area contributed by atoms with E-state index in [-0.39, 0.29) is 36.0 Å². The lowest BCUT2D eigenvalue weighted by Gasteiger charge is -2.20. The van der Waals surface area contributed by atoms with Crippen molar-refractivity contribution in [2.75, 3.05) is 0 Å². The van der Waals surface area contributed by atoms with E-state index >= 15 is 0 Å². The highest BCUT2D eigenvalue weighted by atomic mass is 16.6. The first-order valence-electron chi connectivity index (χ1n) is 13.0. The zero-order valence-corrected chi connectivity index (χ0v) is 20.5. The number of carbonyl (C=O) groups is 2. The fourth-order valence-corrected chi connectivity index (χ4v) is 5.23. The number of hydrogen-bond acceptors (Lipinski definition) is 5. The number of aliphatic hydroxyl groups is 1. The summed E-state index contributed by atoms with van der Waals surface area (Å²) in [5.41, 5.74) is 2.62. The van der Waals surface area contributed by atoms with Gasteiger partial charge >= 0.3 is 11.9 Å². The van der Waals surface area contributed by atoms with Crippen molar-refractivity contribution in [2.45, 2.75) is 76.6 Å². The Balaban J connectivity index is 1.38. The molecule has 1 saturated carbocycles. The van der Waals surface area contributed by atoms with Crippen molar-refractivity contribution >= 4 is 11.9 Å². The van der Waals surface area contributed by atoms with Gasteiger partial charge in [-0.3, -0.25) is 4.79 Å². The second-order valence-electron chi connectivity index (χ2n) is 9.75. The quantitative estimate of drug-likeness (QED) is 0.241. The second-order valence-corrected chi connectivity index (χ2v) is 9.75. The normalized spacial score (nSPS) is 24.3. The minimum absolute atomic E-state index is 0.0197. The molecule has 2 aliphatic rings. The Morgan fingerprint density at radius 3 is 2.51 bits per heavy atom. The molecule has 0 bridgehead atoms. The minimum atomic E-state index is -0.532. The van der Waals surface area contributed by atoms with Gasteiger partial charge in [0.1, 0.15) is 12.2 Å². The van der Waals surface area contributed by atoms with Crippen LogP contribution in [0.5, 0.6) is 0 Å². The van der Waals surface area contributed by atoms with E-state index in [1.54, 1.807) is 12.1 Å². The Kier molecular flexibility index (Phi) is 8.75. The minimum Gasteiger partial charge on any atom is -0.462 e. The van der Waals surface area contributed by atoms with Crippen molar-refractivity contribution in [1.82, 2.24) is 0 Å². The number of fused-ring (bicyclic) bond motifs is 1. The van der Waals surface area contributed by atoms with Gasteiger partial charge in [-0.2, -0.15) is 0 Å². The third kappa shape index (κ3) is 6.61. The van der Waals surface area contributed by atoms with E-state index in [4.69, 9.17) is 9.47 Å². The van der Waals surface area contributed by atoms with Gasteiger partial charge in [-0.25, -0.2) is 4.79 Å². The second kappa shape index (κ2) is 12.2. The topological polar surface area (TPSA) is 72.8 Å². The zero-order chi connectivity index (χ0) is 24.6. The molecule has 4 rings (SSSR count). The summed E-state index contributed by atoms with van der Waals surface area (Å²) >= 11 is 0. The first-order chi connectivity index (χ1) is 17.0. The summed E-state index contributed by atoms with van der Waals surface area (Å²) in [4.78, 5) is 24.8. The van der Waals surface area contributed by atoms with Crippen molar-refractivity contribution in [3.8, 4) is 11.1 Å². The SMILES string of the molecule is CCCCCCC[C@H](O)C=C[C@@H]1[C@H]2CC(=O)O[C@H]2C[C@H]1OC(=O)c1ccc(-c2ccccc2)cc1. The first-order valence-corrected chi connectivity index (χ1v) is 13.0. The molecule has 2 aromatic rings. The number of carbonyl (C=O) groups excluding carboxylic acids is 2. The molecule has 35 heavy (non-hydrogen) atoms. The molecular formula is C30H36O5. The van der Waals surface area contributed by atoms with E-state index in [1.807, 2.05) is 54.6 Å². The van der Waals surface area contributed by atoms with Crippen LogP contribution in [0.1, 0.15) is 68.6 Å². The van der Waals surface area contributed by atoms with Crippen LogP contribution in [-0.2, 0) is 14.3 Å². The smallest absolute Gasteiger partial charge is 0.338 e. The fourth-order valence-electron chi connectivity index (χ4n) is 5.23. The molecule has 1 aliphatic carbocycles. The number of esters is 2. The summed E-state index contributed by atoms with van der Waals surface area (Å²) < 4.78 is 11.4. The van der Waals surface area contributed by atoms with Gasteiger partial charge in [0.2, 0.25) is 0 Å². The van der Waals surface area contributed by atoms with Crippen molar-refractivity contribution in [1.29, 1.82) is 0 Å². The van der Waals surface area contributed by atoms with Gasteiger partial charge in [0.05, 0.1) is 18.1 Å². The number of ether oxygens (including phenoxy) is 2. The lowest BCUT2D eigenvalue weighted by Crippen LogP contribution is -2.25. The number of unbranched alkanes of at least 4 members (excludes halogenated alkanes) is 4. The molecule has 5 atom stereocenters. The lowest BCUT2D eigenvalue weighted by atomic mass is 9.91. The van der Waals surface area contributed by atoms with Crippen LogP contribution in [0.4, 0.5) is 0 Å². The van der Waals surface area contributed by atoms with Gasteiger partial charge in [0.15, 0.2) is 0 Å². The molecule has 0 spiro atoms. The molecule has 5 nitrogen and oxygen atoms in total. The molecule has 1 saturated heterocycles. The average Bonchev–Trinajstić information content (AvgIpc) is 3.38. The molecule has 1 N–H and O–H groups in total. The van der Waals surface area contributed by atoms with Crippen molar-refractivity contribution < 1.29 is 24.2 Å². The Morgan fingerprint density at radius 1 is 1.06 bits per heavy atom. The predicted molar refractivity (Wildman–Crippen MR) is 136 cm³/mol. The summed E-state index contributed by atoms with van der Waals surface area (Å²) in [5, 5.41) is 10.4. The summed E-state index contributed by atoms with van der Waals surface area (Å²) in [5.74, 6) is -0.741.